The van der Waals surface area contributed by atoms with Crippen LogP contribution in [-0.2, 0) is 6.42 Å². The second-order valence-corrected chi connectivity index (χ2v) is 6.62. The monoisotopic (exact) mass is 263 g/mol. The smallest absolute Gasteiger partial charge is 0.216 e. The molecule has 2 aromatic rings. The molecule has 1 unspecified atom stereocenters. The summed E-state index contributed by atoms with van der Waals surface area (Å²) in [6, 6.07) is 2.08. The van der Waals surface area contributed by atoms with Crippen LogP contribution in [0, 0.1) is 12.3 Å². The first-order chi connectivity index (χ1) is 8.48. The summed E-state index contributed by atoms with van der Waals surface area (Å²) >= 11 is 1.53. The average molecular weight is 263 g/mol. The van der Waals surface area contributed by atoms with Gasteiger partial charge in [0.25, 0.3) is 0 Å². The molecule has 1 aliphatic carbocycles. The first-order valence-electron chi connectivity index (χ1n) is 6.14. The zero-order valence-electron chi connectivity index (χ0n) is 10.8. The van der Waals surface area contributed by atoms with E-state index in [-0.39, 0.29) is 11.5 Å². The van der Waals surface area contributed by atoms with Gasteiger partial charge in [-0.3, -0.25) is 4.57 Å². The van der Waals surface area contributed by atoms with Crippen molar-refractivity contribution in [3.05, 3.63) is 28.5 Å². The molecule has 0 aromatic carbocycles. The molecule has 5 heteroatoms. The standard InChI is InChI=1S/C13H17N3OS/c1-8-4-9-10(5-13(2,3)6-11(9)17)16(8)12-15-14-7-18-12/h4,7,11,17H,5-6H2,1-3H3. The van der Waals surface area contributed by atoms with E-state index in [1.807, 2.05) is 0 Å². The Hall–Kier alpha value is -1.20. The fourth-order valence-electron chi connectivity index (χ4n) is 2.87. The van der Waals surface area contributed by atoms with Crippen molar-refractivity contribution in [1.29, 1.82) is 0 Å². The number of nitrogens with zero attached hydrogens (tertiary/aromatic N) is 3. The normalized spacial score (nSPS) is 21.9. The quantitative estimate of drug-likeness (QED) is 0.860. The Kier molecular flexibility index (Phi) is 2.57. The molecule has 2 heterocycles. The molecule has 2 aromatic heterocycles. The van der Waals surface area contributed by atoms with Gasteiger partial charge < -0.3 is 5.11 Å². The van der Waals surface area contributed by atoms with E-state index >= 15 is 0 Å². The van der Waals surface area contributed by atoms with Crippen molar-refractivity contribution in [1.82, 2.24) is 14.8 Å². The Labute approximate surface area is 110 Å². The van der Waals surface area contributed by atoms with Gasteiger partial charge in [0.05, 0.1) is 6.10 Å². The molecular weight excluding hydrogens is 246 g/mol. The highest BCUT2D eigenvalue weighted by Gasteiger charge is 2.34. The number of aryl methyl sites for hydroxylation is 1. The molecule has 18 heavy (non-hydrogen) atoms. The van der Waals surface area contributed by atoms with E-state index in [1.165, 1.54) is 17.0 Å². The van der Waals surface area contributed by atoms with Gasteiger partial charge in [-0.1, -0.05) is 25.2 Å². The van der Waals surface area contributed by atoms with Crippen molar-refractivity contribution in [3.63, 3.8) is 0 Å². The third-order valence-electron chi connectivity index (χ3n) is 3.61. The summed E-state index contributed by atoms with van der Waals surface area (Å²) in [6.07, 6.45) is 1.42. The number of hydrogen-bond acceptors (Lipinski definition) is 4. The molecular formula is C13H17N3OS. The molecule has 0 fully saturated rings. The van der Waals surface area contributed by atoms with Gasteiger partial charge in [-0.05, 0) is 31.2 Å². The minimum absolute atomic E-state index is 0.125. The molecule has 0 saturated heterocycles. The van der Waals surface area contributed by atoms with E-state index in [9.17, 15) is 5.11 Å². The number of fused-ring (bicyclic) bond motifs is 1. The van der Waals surface area contributed by atoms with Crippen LogP contribution in [0.25, 0.3) is 5.13 Å². The first-order valence-corrected chi connectivity index (χ1v) is 7.02. The van der Waals surface area contributed by atoms with Gasteiger partial charge in [0.2, 0.25) is 5.13 Å². The Morgan fingerprint density at radius 1 is 1.50 bits per heavy atom. The van der Waals surface area contributed by atoms with E-state index < -0.39 is 0 Å². The maximum Gasteiger partial charge on any atom is 0.216 e. The van der Waals surface area contributed by atoms with E-state index in [4.69, 9.17) is 0 Å². The van der Waals surface area contributed by atoms with Crippen molar-refractivity contribution in [3.8, 4) is 5.13 Å². The summed E-state index contributed by atoms with van der Waals surface area (Å²) in [6.45, 7) is 6.46. The highest BCUT2D eigenvalue weighted by molar-refractivity contribution is 7.11. The van der Waals surface area contributed by atoms with Gasteiger partial charge in [-0.15, -0.1) is 10.2 Å². The number of aliphatic hydroxyl groups is 1. The van der Waals surface area contributed by atoms with Crippen LogP contribution in [0.15, 0.2) is 11.6 Å². The summed E-state index contributed by atoms with van der Waals surface area (Å²) in [5.74, 6) is 0. The van der Waals surface area contributed by atoms with Crippen LogP contribution in [0.3, 0.4) is 0 Å². The van der Waals surface area contributed by atoms with Crippen LogP contribution in [0.2, 0.25) is 0 Å². The fourth-order valence-corrected chi connectivity index (χ4v) is 3.52. The van der Waals surface area contributed by atoms with E-state index in [2.05, 4.69) is 41.6 Å². The van der Waals surface area contributed by atoms with Crippen molar-refractivity contribution in [2.75, 3.05) is 0 Å². The number of aliphatic hydroxyl groups excluding tert-OH is 1. The minimum Gasteiger partial charge on any atom is -0.388 e. The lowest BCUT2D eigenvalue weighted by Gasteiger charge is -2.33. The SMILES string of the molecule is Cc1cc2c(n1-c1nncs1)CC(C)(C)CC2O. The van der Waals surface area contributed by atoms with Gasteiger partial charge in [-0.2, -0.15) is 0 Å². The van der Waals surface area contributed by atoms with Gasteiger partial charge in [0.1, 0.15) is 5.51 Å². The molecule has 96 valence electrons. The molecule has 0 saturated carbocycles. The third-order valence-corrected chi connectivity index (χ3v) is 4.29. The van der Waals surface area contributed by atoms with E-state index in [0.29, 0.717) is 0 Å². The molecule has 0 radical (unpaired) electrons. The van der Waals surface area contributed by atoms with Gasteiger partial charge in [0, 0.05) is 17.0 Å². The highest BCUT2D eigenvalue weighted by atomic mass is 32.1. The minimum atomic E-state index is -0.364. The zero-order valence-corrected chi connectivity index (χ0v) is 11.7. The predicted molar refractivity (Wildman–Crippen MR) is 71.0 cm³/mol. The van der Waals surface area contributed by atoms with Crippen LogP contribution in [-0.4, -0.2) is 19.9 Å². The lowest BCUT2D eigenvalue weighted by atomic mass is 9.75. The molecule has 0 spiro atoms. The Morgan fingerprint density at radius 2 is 2.28 bits per heavy atom. The van der Waals surface area contributed by atoms with E-state index in [1.54, 1.807) is 5.51 Å². The maximum absolute atomic E-state index is 10.3. The van der Waals surface area contributed by atoms with Crippen molar-refractivity contribution >= 4 is 11.3 Å². The first kappa shape index (κ1) is 11.9. The van der Waals surface area contributed by atoms with Crippen LogP contribution in [0.4, 0.5) is 0 Å². The van der Waals surface area contributed by atoms with E-state index in [0.717, 1.165) is 29.2 Å². The number of hydrogen-bond donors (Lipinski definition) is 1. The highest BCUT2D eigenvalue weighted by Crippen LogP contribution is 2.42. The van der Waals surface area contributed by atoms with Crippen LogP contribution in [0.1, 0.15) is 43.3 Å². The second kappa shape index (κ2) is 3.90. The van der Waals surface area contributed by atoms with Crippen LogP contribution in [0.5, 0.6) is 0 Å². The lowest BCUT2D eigenvalue weighted by molar-refractivity contribution is 0.0987. The molecule has 3 rings (SSSR count). The number of rotatable bonds is 1. The third kappa shape index (κ3) is 1.78. The maximum atomic E-state index is 10.3. The molecule has 1 N–H and O–H groups in total. The Balaban J connectivity index is 2.18. The fraction of sp³-hybridized carbons (Fsp3) is 0.538. The summed E-state index contributed by atoms with van der Waals surface area (Å²) in [4.78, 5) is 0. The molecule has 0 bridgehead atoms. The topological polar surface area (TPSA) is 50.9 Å². The largest absolute Gasteiger partial charge is 0.388 e. The molecule has 1 atom stereocenters. The van der Waals surface area contributed by atoms with Crippen molar-refractivity contribution < 1.29 is 5.11 Å². The molecule has 4 nitrogen and oxygen atoms in total. The lowest BCUT2D eigenvalue weighted by Crippen LogP contribution is -2.26. The second-order valence-electron chi connectivity index (χ2n) is 5.81. The summed E-state index contributed by atoms with van der Waals surface area (Å²) < 4.78 is 2.14. The van der Waals surface area contributed by atoms with Gasteiger partial charge in [-0.25, -0.2) is 0 Å². The Morgan fingerprint density at radius 3 is 2.94 bits per heavy atom. The van der Waals surface area contributed by atoms with Crippen LogP contribution >= 0.6 is 11.3 Å². The van der Waals surface area contributed by atoms with Crippen molar-refractivity contribution in [2.45, 2.75) is 39.7 Å². The van der Waals surface area contributed by atoms with Crippen molar-refractivity contribution in [2.24, 2.45) is 5.41 Å². The number of aromatic nitrogens is 3. The molecule has 0 aliphatic heterocycles. The summed E-state index contributed by atoms with van der Waals surface area (Å²) in [5, 5.41) is 19.2. The molecule has 1 aliphatic rings. The average Bonchev–Trinajstić information content (AvgIpc) is 2.83. The summed E-state index contributed by atoms with van der Waals surface area (Å²) in [5.41, 5.74) is 5.23. The van der Waals surface area contributed by atoms with Gasteiger partial charge in [0.15, 0.2) is 0 Å². The molecule has 0 amide bonds. The zero-order chi connectivity index (χ0) is 12.9. The van der Waals surface area contributed by atoms with Crippen LogP contribution < -0.4 is 0 Å². The predicted octanol–water partition coefficient (Wildman–Crippen LogP) is 2.64. The summed E-state index contributed by atoms with van der Waals surface area (Å²) in [7, 11) is 0. The Bertz CT molecular complexity index is 571. The van der Waals surface area contributed by atoms with Gasteiger partial charge >= 0.3 is 0 Å².